The van der Waals surface area contributed by atoms with Crippen molar-refractivity contribution in [3.05, 3.63) is 33.4 Å². The highest BCUT2D eigenvalue weighted by molar-refractivity contribution is 6.00. The second kappa shape index (κ2) is 3.30. The van der Waals surface area contributed by atoms with Crippen LogP contribution in [-0.4, -0.2) is 10.8 Å². The van der Waals surface area contributed by atoms with Gasteiger partial charge in [-0.2, -0.15) is 0 Å². The van der Waals surface area contributed by atoms with Gasteiger partial charge in [0.15, 0.2) is 0 Å². The molecule has 0 radical (unpaired) electrons. The van der Waals surface area contributed by atoms with Crippen molar-refractivity contribution in [1.29, 1.82) is 0 Å². The Kier molecular flexibility index (Phi) is 2.11. The molecule has 0 aromatic heterocycles. The van der Waals surface area contributed by atoms with Crippen LogP contribution in [0.15, 0.2) is 12.1 Å². The van der Waals surface area contributed by atoms with Gasteiger partial charge in [-0.05, 0) is 5.56 Å². The number of nitrogens with zero attached hydrogens (tertiary/aromatic N) is 1. The van der Waals surface area contributed by atoms with Crippen molar-refractivity contribution in [2.45, 2.75) is 13.1 Å². The average molecular weight is 210 g/mol. The molecule has 0 bridgehead atoms. The smallest absolute Gasteiger partial charge is 0.270 e. The van der Waals surface area contributed by atoms with Crippen LogP contribution in [0.2, 0.25) is 0 Å². The van der Waals surface area contributed by atoms with Gasteiger partial charge in [-0.15, -0.1) is 0 Å². The highest BCUT2D eigenvalue weighted by Gasteiger charge is 2.24. The van der Waals surface area contributed by atoms with E-state index in [-0.39, 0.29) is 23.6 Å². The molecular formula is C9H7FN2O3. The van der Waals surface area contributed by atoms with Crippen LogP contribution < -0.4 is 5.32 Å². The maximum atomic E-state index is 12.6. The summed E-state index contributed by atoms with van der Waals surface area (Å²) in [4.78, 5) is 21.0. The monoisotopic (exact) mass is 210 g/mol. The van der Waals surface area contributed by atoms with Crippen molar-refractivity contribution in [2.24, 2.45) is 0 Å². The van der Waals surface area contributed by atoms with Gasteiger partial charge in [-0.25, -0.2) is 4.39 Å². The number of non-ortho nitro benzene ring substituents is 1. The molecule has 1 aliphatic heterocycles. The normalized spacial score (nSPS) is 13.5. The van der Waals surface area contributed by atoms with Crippen LogP contribution in [0.5, 0.6) is 0 Å². The van der Waals surface area contributed by atoms with E-state index in [9.17, 15) is 19.3 Å². The average Bonchev–Trinajstić information content (AvgIpc) is 2.56. The molecule has 5 nitrogen and oxygen atoms in total. The van der Waals surface area contributed by atoms with Gasteiger partial charge in [0.1, 0.15) is 6.67 Å². The van der Waals surface area contributed by atoms with Crippen LogP contribution in [-0.2, 0) is 17.9 Å². The molecule has 6 heteroatoms. The molecule has 0 spiro atoms. The van der Waals surface area contributed by atoms with Gasteiger partial charge in [0.2, 0.25) is 5.91 Å². The zero-order valence-corrected chi connectivity index (χ0v) is 7.62. The second-order valence-electron chi connectivity index (χ2n) is 3.25. The largest absolute Gasteiger partial charge is 0.325 e. The van der Waals surface area contributed by atoms with Gasteiger partial charge in [0.05, 0.1) is 17.0 Å². The van der Waals surface area contributed by atoms with E-state index >= 15 is 0 Å². The Morgan fingerprint density at radius 1 is 1.53 bits per heavy atom. The summed E-state index contributed by atoms with van der Waals surface area (Å²) in [7, 11) is 0. The third-order valence-electron chi connectivity index (χ3n) is 2.26. The van der Waals surface area contributed by atoms with E-state index in [0.29, 0.717) is 11.3 Å². The van der Waals surface area contributed by atoms with Crippen LogP contribution >= 0.6 is 0 Å². The second-order valence-corrected chi connectivity index (χ2v) is 3.25. The summed E-state index contributed by atoms with van der Waals surface area (Å²) in [5.74, 6) is -0.264. The van der Waals surface area contributed by atoms with E-state index < -0.39 is 11.6 Å². The molecule has 0 atom stereocenters. The first kappa shape index (κ1) is 9.57. The molecule has 2 rings (SSSR count). The summed E-state index contributed by atoms with van der Waals surface area (Å²) >= 11 is 0. The summed E-state index contributed by atoms with van der Waals surface area (Å²) in [5.41, 5.74) is 0.845. The summed E-state index contributed by atoms with van der Waals surface area (Å²) in [5, 5.41) is 13.0. The summed E-state index contributed by atoms with van der Waals surface area (Å²) in [6, 6.07) is 2.44. The molecule has 1 N–H and O–H groups in total. The molecule has 0 fully saturated rings. The van der Waals surface area contributed by atoms with Gasteiger partial charge in [0.25, 0.3) is 5.69 Å². The van der Waals surface area contributed by atoms with Gasteiger partial charge in [-0.1, -0.05) is 0 Å². The van der Waals surface area contributed by atoms with E-state index in [1.807, 2.05) is 0 Å². The molecule has 1 aliphatic rings. The molecular weight excluding hydrogens is 203 g/mol. The number of carbonyl (C=O) groups excluding carboxylic acids is 1. The Hall–Kier alpha value is -1.98. The van der Waals surface area contributed by atoms with Crippen molar-refractivity contribution < 1.29 is 14.1 Å². The van der Waals surface area contributed by atoms with E-state index in [1.165, 1.54) is 6.07 Å². The van der Waals surface area contributed by atoms with Crippen LogP contribution in [0.1, 0.15) is 11.1 Å². The molecule has 1 amide bonds. The van der Waals surface area contributed by atoms with E-state index in [0.717, 1.165) is 6.07 Å². The van der Waals surface area contributed by atoms with E-state index in [1.54, 1.807) is 0 Å². The number of rotatable bonds is 2. The highest BCUT2D eigenvalue weighted by Crippen LogP contribution is 2.32. The topological polar surface area (TPSA) is 72.2 Å². The third kappa shape index (κ3) is 1.54. The lowest BCUT2D eigenvalue weighted by atomic mass is 10.1. The minimum absolute atomic E-state index is 0.0734. The van der Waals surface area contributed by atoms with Gasteiger partial charge < -0.3 is 5.32 Å². The van der Waals surface area contributed by atoms with Gasteiger partial charge in [-0.3, -0.25) is 14.9 Å². The predicted octanol–water partition coefficient (Wildman–Crippen LogP) is 1.56. The third-order valence-corrected chi connectivity index (χ3v) is 2.26. The van der Waals surface area contributed by atoms with Crippen LogP contribution in [0.3, 0.4) is 0 Å². The Morgan fingerprint density at radius 3 is 2.87 bits per heavy atom. The maximum Gasteiger partial charge on any atom is 0.270 e. The number of hydrogen-bond donors (Lipinski definition) is 1. The molecule has 0 saturated carbocycles. The molecule has 1 aromatic rings. The van der Waals surface area contributed by atoms with Crippen molar-refractivity contribution in [2.75, 3.05) is 5.32 Å². The van der Waals surface area contributed by atoms with Gasteiger partial charge >= 0.3 is 0 Å². The number of alkyl halides is 1. The molecule has 15 heavy (non-hydrogen) atoms. The highest BCUT2D eigenvalue weighted by atomic mass is 19.1. The molecule has 0 unspecified atom stereocenters. The molecule has 1 heterocycles. The lowest BCUT2D eigenvalue weighted by Crippen LogP contribution is -2.04. The number of nitro benzene ring substituents is 1. The number of nitrogens with one attached hydrogen (secondary N) is 1. The van der Waals surface area contributed by atoms with Crippen molar-refractivity contribution in [1.82, 2.24) is 0 Å². The van der Waals surface area contributed by atoms with E-state index in [4.69, 9.17) is 0 Å². The number of hydrogen-bond acceptors (Lipinski definition) is 3. The number of fused-ring (bicyclic) bond motifs is 1. The van der Waals surface area contributed by atoms with Crippen molar-refractivity contribution in [3.63, 3.8) is 0 Å². The first-order chi connectivity index (χ1) is 7.11. The molecule has 0 saturated heterocycles. The lowest BCUT2D eigenvalue weighted by molar-refractivity contribution is -0.385. The zero-order chi connectivity index (χ0) is 11.0. The number of nitro groups is 1. The minimum atomic E-state index is -0.829. The first-order valence-corrected chi connectivity index (χ1v) is 4.28. The number of halogens is 1. The fraction of sp³-hybridized carbons (Fsp3) is 0.222. The van der Waals surface area contributed by atoms with Gasteiger partial charge in [0, 0.05) is 17.7 Å². The first-order valence-electron chi connectivity index (χ1n) is 4.28. The Morgan fingerprint density at radius 2 is 2.27 bits per heavy atom. The van der Waals surface area contributed by atoms with E-state index in [2.05, 4.69) is 5.32 Å². The lowest BCUT2D eigenvalue weighted by Gasteiger charge is -2.03. The standard InChI is InChI=1S/C9H7FN2O3/c10-4-6-2-7(12(14)15)1-5-3-8(13)11-9(5)6/h1-2H,3-4H2,(H,11,13). The predicted molar refractivity (Wildman–Crippen MR) is 50.2 cm³/mol. The van der Waals surface area contributed by atoms with Crippen LogP contribution in [0.25, 0.3) is 0 Å². The minimum Gasteiger partial charge on any atom is -0.325 e. The summed E-state index contributed by atoms with van der Waals surface area (Å²) in [6.45, 7) is -0.829. The molecule has 78 valence electrons. The number of amides is 1. The number of benzene rings is 1. The number of carbonyl (C=O) groups is 1. The Bertz CT molecular complexity index is 459. The SMILES string of the molecule is O=C1Cc2cc([N+](=O)[O-])cc(CF)c2N1. The zero-order valence-electron chi connectivity index (χ0n) is 7.62. The fourth-order valence-corrected chi connectivity index (χ4v) is 1.62. The van der Waals surface area contributed by atoms with Crippen molar-refractivity contribution >= 4 is 17.3 Å². The molecule has 1 aromatic carbocycles. The Balaban J connectivity index is 2.56. The van der Waals surface area contributed by atoms with Crippen LogP contribution in [0.4, 0.5) is 15.8 Å². The summed E-state index contributed by atoms with van der Waals surface area (Å²) in [6.07, 6.45) is 0.0734. The molecule has 0 aliphatic carbocycles. The maximum absolute atomic E-state index is 12.6. The number of anilines is 1. The van der Waals surface area contributed by atoms with Crippen LogP contribution in [0, 0.1) is 10.1 Å². The van der Waals surface area contributed by atoms with Crippen molar-refractivity contribution in [3.8, 4) is 0 Å². The Labute approximate surface area is 84.1 Å². The fourth-order valence-electron chi connectivity index (χ4n) is 1.62. The summed E-state index contributed by atoms with van der Waals surface area (Å²) < 4.78 is 12.6. The quantitative estimate of drug-likeness (QED) is 0.594.